The minimum absolute atomic E-state index is 0.0525. The Morgan fingerprint density at radius 2 is 1.52 bits per heavy atom. The van der Waals surface area contributed by atoms with E-state index in [-0.39, 0.29) is 12.2 Å². The fraction of sp³-hybridized carbons (Fsp3) is 0.227. The summed E-state index contributed by atoms with van der Waals surface area (Å²) in [5.41, 5.74) is 4.02. The fourth-order valence-corrected chi connectivity index (χ4v) is 2.70. The number of carbonyl (C=O) groups is 3. The van der Waals surface area contributed by atoms with Crippen LogP contribution in [-0.2, 0) is 9.59 Å². The first-order valence-electron chi connectivity index (χ1n) is 9.40. The summed E-state index contributed by atoms with van der Waals surface area (Å²) in [5.74, 6) is 3.70. The molecule has 9 heteroatoms. The van der Waals surface area contributed by atoms with Crippen molar-refractivity contribution < 1.29 is 24.7 Å². The Bertz CT molecular complexity index is 962. The molecule has 0 radical (unpaired) electrons. The predicted molar refractivity (Wildman–Crippen MR) is 114 cm³/mol. The number of nitrogens with one attached hydrogen (secondary N) is 3. The lowest BCUT2D eigenvalue weighted by molar-refractivity contribution is -0.140. The summed E-state index contributed by atoms with van der Waals surface area (Å²) in [6, 6.07) is 12.3. The van der Waals surface area contributed by atoms with Gasteiger partial charge in [-0.15, -0.1) is 0 Å². The van der Waals surface area contributed by atoms with Crippen molar-refractivity contribution in [3.8, 4) is 11.8 Å². The predicted octanol–water partition coefficient (Wildman–Crippen LogP) is 0.183. The summed E-state index contributed by atoms with van der Waals surface area (Å²) in [6.45, 7) is 0.525. The zero-order chi connectivity index (χ0) is 22.8. The number of likely N-dealkylation sites (N-methyl/N-ethyl adjacent to an activating group) is 2. The number of amides is 3. The van der Waals surface area contributed by atoms with Crippen molar-refractivity contribution in [1.82, 2.24) is 15.7 Å². The van der Waals surface area contributed by atoms with Gasteiger partial charge in [0.25, 0.3) is 17.7 Å². The maximum absolute atomic E-state index is 12.7. The molecule has 0 spiro atoms. The van der Waals surface area contributed by atoms with Crippen LogP contribution in [0.2, 0.25) is 0 Å². The van der Waals surface area contributed by atoms with Crippen molar-refractivity contribution in [2.75, 3.05) is 32.6 Å². The van der Waals surface area contributed by atoms with E-state index in [4.69, 9.17) is 10.3 Å². The molecule has 2 aromatic rings. The van der Waals surface area contributed by atoms with Crippen LogP contribution in [0.4, 0.5) is 5.69 Å². The van der Waals surface area contributed by atoms with Gasteiger partial charge in [0.2, 0.25) is 0 Å². The van der Waals surface area contributed by atoms with Crippen molar-refractivity contribution in [3.63, 3.8) is 0 Å². The van der Waals surface area contributed by atoms with E-state index >= 15 is 0 Å². The third-order valence-electron chi connectivity index (χ3n) is 4.37. The first-order chi connectivity index (χ1) is 14.9. The van der Waals surface area contributed by atoms with Gasteiger partial charge in [-0.2, -0.15) is 0 Å². The molecule has 1 atom stereocenters. The number of nitrogens with zero attached hydrogens (tertiary/aromatic N) is 1. The van der Waals surface area contributed by atoms with E-state index in [1.54, 1.807) is 24.3 Å². The van der Waals surface area contributed by atoms with E-state index in [1.165, 1.54) is 19.6 Å². The zero-order valence-corrected chi connectivity index (χ0v) is 17.2. The highest BCUT2D eigenvalue weighted by Crippen LogP contribution is 2.11. The summed E-state index contributed by atoms with van der Waals surface area (Å²) in [6.07, 6.45) is 0. The molecule has 0 aliphatic rings. The molecule has 0 saturated heterocycles. The highest BCUT2D eigenvalue weighted by atomic mass is 16.5. The Labute approximate surface area is 180 Å². The molecule has 1 unspecified atom stereocenters. The molecule has 0 fully saturated rings. The SMILES string of the molecule is CNC(=O)C(C(=O)NO)N(C)C(=O)c1ccc(C#Cc2ccc(NCCO)cc2)cc1. The quantitative estimate of drug-likeness (QED) is 0.187. The topological polar surface area (TPSA) is 131 Å². The summed E-state index contributed by atoms with van der Waals surface area (Å²) in [4.78, 5) is 37.3. The van der Waals surface area contributed by atoms with Crippen LogP contribution >= 0.6 is 0 Å². The second-order valence-electron chi connectivity index (χ2n) is 6.46. The second kappa shape index (κ2) is 11.3. The number of hydrogen-bond acceptors (Lipinski definition) is 6. The highest BCUT2D eigenvalue weighted by molar-refractivity contribution is 6.08. The van der Waals surface area contributed by atoms with Crippen LogP contribution < -0.4 is 16.1 Å². The molecular formula is C22H24N4O5. The molecule has 31 heavy (non-hydrogen) atoms. The van der Waals surface area contributed by atoms with Crippen molar-refractivity contribution in [1.29, 1.82) is 0 Å². The zero-order valence-electron chi connectivity index (χ0n) is 17.2. The molecule has 0 aromatic heterocycles. The number of rotatable bonds is 7. The van der Waals surface area contributed by atoms with Crippen molar-refractivity contribution in [2.45, 2.75) is 6.04 Å². The molecule has 2 aromatic carbocycles. The Hall–Kier alpha value is -3.87. The van der Waals surface area contributed by atoms with Gasteiger partial charge in [-0.25, -0.2) is 5.48 Å². The number of aliphatic hydroxyl groups excluding tert-OH is 1. The van der Waals surface area contributed by atoms with Crippen molar-refractivity contribution in [2.24, 2.45) is 0 Å². The largest absolute Gasteiger partial charge is 0.395 e. The monoisotopic (exact) mass is 424 g/mol. The van der Waals surface area contributed by atoms with Crippen LogP contribution in [0.15, 0.2) is 48.5 Å². The number of hydroxylamine groups is 1. The summed E-state index contributed by atoms with van der Waals surface area (Å²) < 4.78 is 0. The van der Waals surface area contributed by atoms with Gasteiger partial charge in [-0.3, -0.25) is 19.6 Å². The molecule has 0 bridgehead atoms. The van der Waals surface area contributed by atoms with E-state index in [0.717, 1.165) is 16.2 Å². The molecule has 0 aliphatic carbocycles. The molecule has 0 saturated carbocycles. The molecule has 0 heterocycles. The van der Waals surface area contributed by atoms with Gasteiger partial charge < -0.3 is 20.6 Å². The Kier molecular flexibility index (Phi) is 8.57. The van der Waals surface area contributed by atoms with Crippen LogP contribution in [0.1, 0.15) is 21.5 Å². The summed E-state index contributed by atoms with van der Waals surface area (Å²) >= 11 is 0. The Balaban J connectivity index is 2.11. The number of hydrogen-bond donors (Lipinski definition) is 5. The van der Waals surface area contributed by atoms with E-state index in [0.29, 0.717) is 12.1 Å². The summed E-state index contributed by atoms with van der Waals surface area (Å²) in [7, 11) is 2.62. The van der Waals surface area contributed by atoms with E-state index < -0.39 is 23.8 Å². The number of benzene rings is 2. The standard InChI is InChI=1S/C22H24N4O5/c1-23-20(28)19(21(29)25-31)26(2)22(30)17-9-5-15(6-10-17)3-4-16-7-11-18(12-8-16)24-13-14-27/h5-12,19,24,27,31H,13-14H2,1-2H3,(H,23,28)(H,25,29). The molecule has 9 nitrogen and oxygen atoms in total. The van der Waals surface area contributed by atoms with E-state index in [2.05, 4.69) is 22.5 Å². The van der Waals surface area contributed by atoms with Crippen LogP contribution in [-0.4, -0.2) is 66.2 Å². The average molecular weight is 424 g/mol. The molecule has 0 aliphatic heterocycles. The molecule has 162 valence electrons. The number of aliphatic hydroxyl groups is 1. The van der Waals surface area contributed by atoms with Gasteiger partial charge in [-0.1, -0.05) is 11.8 Å². The molecule has 2 rings (SSSR count). The normalized spacial score (nSPS) is 10.8. The fourth-order valence-electron chi connectivity index (χ4n) is 2.70. The Morgan fingerprint density at radius 3 is 2.00 bits per heavy atom. The van der Waals surface area contributed by atoms with Gasteiger partial charge in [0.05, 0.1) is 6.61 Å². The van der Waals surface area contributed by atoms with Gasteiger partial charge in [0, 0.05) is 43.0 Å². The average Bonchev–Trinajstić information content (AvgIpc) is 2.81. The highest BCUT2D eigenvalue weighted by Gasteiger charge is 2.33. The van der Waals surface area contributed by atoms with Gasteiger partial charge in [-0.05, 0) is 48.5 Å². The van der Waals surface area contributed by atoms with Crippen molar-refractivity contribution >= 4 is 23.4 Å². The van der Waals surface area contributed by atoms with E-state index in [1.807, 2.05) is 24.3 Å². The van der Waals surface area contributed by atoms with Crippen LogP contribution in [0.25, 0.3) is 0 Å². The molecular weight excluding hydrogens is 400 g/mol. The van der Waals surface area contributed by atoms with E-state index in [9.17, 15) is 14.4 Å². The number of anilines is 1. The minimum Gasteiger partial charge on any atom is -0.395 e. The third-order valence-corrected chi connectivity index (χ3v) is 4.37. The first-order valence-corrected chi connectivity index (χ1v) is 9.40. The van der Waals surface area contributed by atoms with Crippen molar-refractivity contribution in [3.05, 3.63) is 65.2 Å². The first kappa shape index (κ1) is 23.4. The van der Waals surface area contributed by atoms with Gasteiger partial charge in [0.1, 0.15) is 0 Å². The third kappa shape index (κ3) is 6.30. The second-order valence-corrected chi connectivity index (χ2v) is 6.46. The maximum Gasteiger partial charge on any atom is 0.275 e. The molecule has 5 N–H and O–H groups in total. The number of carbonyl (C=O) groups excluding carboxylic acids is 3. The lowest BCUT2D eigenvalue weighted by Crippen LogP contribution is -2.54. The minimum atomic E-state index is -1.52. The maximum atomic E-state index is 12.7. The lowest BCUT2D eigenvalue weighted by Gasteiger charge is -2.25. The summed E-state index contributed by atoms with van der Waals surface area (Å²) in [5, 5.41) is 23.0. The van der Waals surface area contributed by atoms with Crippen LogP contribution in [0.5, 0.6) is 0 Å². The molecule has 3 amide bonds. The van der Waals surface area contributed by atoms with Gasteiger partial charge in [0.15, 0.2) is 6.04 Å². The van der Waals surface area contributed by atoms with Crippen LogP contribution in [0, 0.1) is 11.8 Å². The lowest BCUT2D eigenvalue weighted by atomic mass is 10.1. The smallest absolute Gasteiger partial charge is 0.275 e. The van der Waals surface area contributed by atoms with Crippen LogP contribution in [0.3, 0.4) is 0 Å². The Morgan fingerprint density at radius 1 is 0.968 bits per heavy atom. The van der Waals surface area contributed by atoms with Gasteiger partial charge >= 0.3 is 0 Å².